The average molecular weight is 563 g/mol. The monoisotopic (exact) mass is 561 g/mol. The zero-order valence-electron chi connectivity index (χ0n) is 22.8. The molecule has 2 fully saturated rings. The van der Waals surface area contributed by atoms with Crippen LogP contribution in [0.1, 0.15) is 83.3 Å². The molecule has 208 valence electrons. The van der Waals surface area contributed by atoms with E-state index in [1.54, 1.807) is 0 Å². The van der Waals surface area contributed by atoms with Gasteiger partial charge in [-0.3, -0.25) is 0 Å². The minimum atomic E-state index is -0.646. The molecule has 0 heterocycles. The molecule has 0 saturated heterocycles. The molecule has 2 saturated carbocycles. The number of rotatable bonds is 6. The van der Waals surface area contributed by atoms with Crippen molar-refractivity contribution in [2.24, 2.45) is 0 Å². The van der Waals surface area contributed by atoms with E-state index in [9.17, 15) is 15.0 Å². The summed E-state index contributed by atoms with van der Waals surface area (Å²) in [5, 5.41) is 22.1. The van der Waals surface area contributed by atoms with E-state index in [0.29, 0.717) is 48.8 Å². The quantitative estimate of drug-likeness (QED) is 0.388. The Morgan fingerprint density at radius 2 is 1.24 bits per heavy atom. The summed E-state index contributed by atoms with van der Waals surface area (Å²) >= 11 is 12.9. The van der Waals surface area contributed by atoms with Gasteiger partial charge in [0, 0.05) is 34.0 Å². The predicted molar refractivity (Wildman–Crippen MR) is 153 cm³/mol. The molecule has 0 aliphatic heterocycles. The normalized spacial score (nSPS) is 28.1. The van der Waals surface area contributed by atoms with E-state index in [1.165, 1.54) is 0 Å². The number of ether oxygens (including phenoxy) is 1. The molecule has 7 heteroatoms. The van der Waals surface area contributed by atoms with Crippen molar-refractivity contribution in [2.45, 2.75) is 101 Å². The third-order valence-corrected chi connectivity index (χ3v) is 8.81. The van der Waals surface area contributed by atoms with Crippen LogP contribution in [-0.2, 0) is 15.6 Å². The fraction of sp³-hybridized carbons (Fsp3) is 0.581. The number of carbonyl (C=O) groups is 1. The van der Waals surface area contributed by atoms with Crippen molar-refractivity contribution in [1.29, 1.82) is 0 Å². The highest BCUT2D eigenvalue weighted by Crippen LogP contribution is 2.45. The first kappa shape index (κ1) is 29.2. The van der Waals surface area contributed by atoms with Gasteiger partial charge < -0.3 is 19.8 Å². The van der Waals surface area contributed by atoms with Crippen LogP contribution in [0, 0.1) is 0 Å². The van der Waals surface area contributed by atoms with Crippen LogP contribution in [0.15, 0.2) is 48.5 Å². The second-order valence-electron chi connectivity index (χ2n) is 12.4. The molecular weight excluding hydrogens is 521 g/mol. The number of hydrogen-bond acceptors (Lipinski definition) is 4. The summed E-state index contributed by atoms with van der Waals surface area (Å²) in [6.07, 6.45) is 4.63. The largest absolute Gasteiger partial charge is 0.444 e. The third-order valence-electron chi connectivity index (χ3n) is 8.34. The van der Waals surface area contributed by atoms with Crippen LogP contribution >= 0.6 is 23.2 Å². The predicted octanol–water partition coefficient (Wildman–Crippen LogP) is 7.28. The lowest BCUT2D eigenvalue weighted by atomic mass is 9.66. The van der Waals surface area contributed by atoms with Gasteiger partial charge in [0.1, 0.15) is 5.60 Å². The number of nitrogens with zero attached hydrogens (tertiary/aromatic N) is 1. The van der Waals surface area contributed by atoms with Crippen molar-refractivity contribution < 1.29 is 19.7 Å². The fourth-order valence-corrected chi connectivity index (χ4v) is 6.65. The van der Waals surface area contributed by atoms with Crippen molar-refractivity contribution >= 4 is 29.3 Å². The Balaban J connectivity index is 1.75. The molecule has 1 amide bonds. The van der Waals surface area contributed by atoms with E-state index in [2.05, 4.69) is 12.1 Å². The summed E-state index contributed by atoms with van der Waals surface area (Å²) in [5.74, 6) is 0. The SMILES string of the molecule is CC(C)(C)OC(=O)N(CC1(c2cccc(Cl)c2)CCC(O)CC1)CC1(c2cccc(Cl)c2)CCC(O)CC1. The zero-order valence-corrected chi connectivity index (χ0v) is 24.3. The van der Waals surface area contributed by atoms with Crippen molar-refractivity contribution in [3.63, 3.8) is 0 Å². The molecule has 2 aliphatic rings. The average Bonchev–Trinajstić information content (AvgIpc) is 2.85. The summed E-state index contributed by atoms with van der Waals surface area (Å²) < 4.78 is 5.97. The van der Waals surface area contributed by atoms with E-state index in [1.807, 2.05) is 62.1 Å². The molecule has 0 aromatic heterocycles. The highest BCUT2D eigenvalue weighted by Gasteiger charge is 2.44. The van der Waals surface area contributed by atoms with Gasteiger partial charge in [0.25, 0.3) is 0 Å². The Hall–Kier alpha value is -1.79. The Morgan fingerprint density at radius 3 is 1.58 bits per heavy atom. The van der Waals surface area contributed by atoms with Crippen LogP contribution in [0.4, 0.5) is 4.79 Å². The summed E-state index contributed by atoms with van der Waals surface area (Å²) in [4.78, 5) is 15.7. The third kappa shape index (κ3) is 7.04. The molecule has 0 atom stereocenters. The lowest BCUT2D eigenvalue weighted by molar-refractivity contribution is 0.00344. The van der Waals surface area contributed by atoms with E-state index >= 15 is 0 Å². The van der Waals surface area contributed by atoms with Gasteiger partial charge in [-0.15, -0.1) is 0 Å². The molecule has 2 aromatic carbocycles. The number of halogens is 2. The highest BCUT2D eigenvalue weighted by atomic mass is 35.5. The standard InChI is InChI=1S/C31H41Cl2NO4/c1-29(2,3)38-28(37)34(20-30(14-10-26(35)11-15-30)22-6-4-8-24(32)18-22)21-31(16-12-27(36)13-17-31)23-7-5-9-25(33)19-23/h4-9,18-19,26-27,35-36H,10-17,20-21H2,1-3H3. The molecule has 38 heavy (non-hydrogen) atoms. The van der Waals surface area contributed by atoms with E-state index < -0.39 is 5.60 Å². The molecule has 2 aliphatic carbocycles. The summed E-state index contributed by atoms with van der Waals surface area (Å²) in [7, 11) is 0. The smallest absolute Gasteiger partial charge is 0.410 e. The van der Waals surface area contributed by atoms with Crippen molar-refractivity contribution in [3.05, 3.63) is 69.7 Å². The number of benzene rings is 2. The van der Waals surface area contributed by atoms with Crippen molar-refractivity contribution in [3.8, 4) is 0 Å². The van der Waals surface area contributed by atoms with Crippen LogP contribution in [0.2, 0.25) is 10.0 Å². The van der Waals surface area contributed by atoms with Crippen molar-refractivity contribution in [1.82, 2.24) is 4.90 Å². The zero-order chi connectivity index (χ0) is 27.6. The molecule has 5 nitrogen and oxygen atoms in total. The Labute approximate surface area is 237 Å². The van der Waals surface area contributed by atoms with E-state index in [4.69, 9.17) is 27.9 Å². The maximum atomic E-state index is 13.9. The Kier molecular flexibility index (Phi) is 9.03. The fourth-order valence-electron chi connectivity index (χ4n) is 6.27. The molecule has 0 bridgehead atoms. The number of hydrogen-bond donors (Lipinski definition) is 2. The van der Waals surface area contributed by atoms with Crippen LogP contribution in [0.5, 0.6) is 0 Å². The summed E-state index contributed by atoms with van der Waals surface area (Å²) in [5.41, 5.74) is 0.811. The minimum absolute atomic E-state index is 0.338. The van der Waals surface area contributed by atoms with E-state index in [0.717, 1.165) is 36.8 Å². The van der Waals surface area contributed by atoms with Gasteiger partial charge in [0.05, 0.1) is 12.2 Å². The Bertz CT molecular complexity index is 1030. The number of carbonyl (C=O) groups excluding carboxylic acids is 1. The van der Waals surface area contributed by atoms with Gasteiger partial charge in [-0.1, -0.05) is 47.5 Å². The van der Waals surface area contributed by atoms with E-state index in [-0.39, 0.29) is 29.1 Å². The number of amides is 1. The van der Waals surface area contributed by atoms with Crippen LogP contribution in [-0.4, -0.2) is 52.1 Å². The molecule has 0 unspecified atom stereocenters. The van der Waals surface area contributed by atoms with Gasteiger partial charge in [-0.25, -0.2) is 4.79 Å². The maximum Gasteiger partial charge on any atom is 0.410 e. The molecule has 2 aromatic rings. The van der Waals surface area contributed by atoms with Gasteiger partial charge in [-0.05, 0) is 108 Å². The lowest BCUT2D eigenvalue weighted by Crippen LogP contribution is -2.53. The first-order valence-electron chi connectivity index (χ1n) is 13.8. The maximum absolute atomic E-state index is 13.9. The molecular formula is C31H41Cl2NO4. The first-order chi connectivity index (χ1) is 17.9. The summed E-state index contributed by atoms with van der Waals surface area (Å²) in [6.45, 7) is 6.57. The topological polar surface area (TPSA) is 70.0 Å². The van der Waals surface area contributed by atoms with Crippen LogP contribution in [0.3, 0.4) is 0 Å². The summed E-state index contributed by atoms with van der Waals surface area (Å²) in [6, 6.07) is 15.8. The van der Waals surface area contributed by atoms with Gasteiger partial charge in [0.15, 0.2) is 0 Å². The highest BCUT2D eigenvalue weighted by molar-refractivity contribution is 6.30. The first-order valence-corrected chi connectivity index (χ1v) is 14.5. The van der Waals surface area contributed by atoms with Gasteiger partial charge in [0.2, 0.25) is 0 Å². The van der Waals surface area contributed by atoms with Crippen LogP contribution in [0.25, 0.3) is 0 Å². The second-order valence-corrected chi connectivity index (χ2v) is 13.3. The molecule has 0 radical (unpaired) electrons. The number of aliphatic hydroxyl groups is 2. The second kappa shape index (κ2) is 11.8. The Morgan fingerprint density at radius 1 is 0.842 bits per heavy atom. The minimum Gasteiger partial charge on any atom is -0.444 e. The molecule has 2 N–H and O–H groups in total. The van der Waals surface area contributed by atoms with Gasteiger partial charge >= 0.3 is 6.09 Å². The molecule has 4 rings (SSSR count). The van der Waals surface area contributed by atoms with Crippen LogP contribution < -0.4 is 0 Å². The number of aliphatic hydroxyl groups excluding tert-OH is 2. The molecule has 0 spiro atoms. The lowest BCUT2D eigenvalue weighted by Gasteiger charge is -2.47. The van der Waals surface area contributed by atoms with Crippen molar-refractivity contribution in [2.75, 3.05) is 13.1 Å². The van der Waals surface area contributed by atoms with Gasteiger partial charge in [-0.2, -0.15) is 0 Å².